The molecule has 8 heteroatoms. The van der Waals surface area contributed by atoms with E-state index in [0.717, 1.165) is 0 Å². The summed E-state index contributed by atoms with van der Waals surface area (Å²) >= 11 is 5.98. The Bertz CT molecular complexity index is 817. The molecule has 0 amide bonds. The Labute approximate surface area is 152 Å². The number of halogens is 4. The number of pyridine rings is 1. The van der Waals surface area contributed by atoms with Gasteiger partial charge >= 0.3 is 12.1 Å². The predicted molar refractivity (Wildman–Crippen MR) is 90.7 cm³/mol. The minimum atomic E-state index is -4.13. The standard InChI is InChI=1S/C18H17ClF3NO3/c19-15-8-12-7-11(17(24)25)3-6-14(12)16(23-15)26-9-10-1-4-13(5-2-10)18(20,21)22/h3,6-8,10,13H,1-2,4-5,9H2,(H,24,25)/t10-,13-. The molecular weight excluding hydrogens is 371 g/mol. The Balaban J connectivity index is 1.70. The van der Waals surface area contributed by atoms with Crippen LogP contribution in [0.3, 0.4) is 0 Å². The number of carboxylic acids is 1. The van der Waals surface area contributed by atoms with Crippen LogP contribution in [0.15, 0.2) is 24.3 Å². The fraction of sp³-hybridized carbons (Fsp3) is 0.444. The van der Waals surface area contributed by atoms with Crippen molar-refractivity contribution < 1.29 is 27.8 Å². The van der Waals surface area contributed by atoms with Crippen molar-refractivity contribution in [2.75, 3.05) is 6.61 Å². The summed E-state index contributed by atoms with van der Waals surface area (Å²) in [5.74, 6) is -1.98. The van der Waals surface area contributed by atoms with Gasteiger partial charge in [0.05, 0.1) is 18.1 Å². The van der Waals surface area contributed by atoms with Crippen molar-refractivity contribution in [3.63, 3.8) is 0 Å². The van der Waals surface area contributed by atoms with Crippen molar-refractivity contribution in [2.45, 2.75) is 31.9 Å². The minimum Gasteiger partial charge on any atom is -0.478 e. The quantitative estimate of drug-likeness (QED) is 0.720. The van der Waals surface area contributed by atoms with Crippen molar-refractivity contribution in [3.05, 3.63) is 35.0 Å². The number of fused-ring (bicyclic) bond motifs is 1. The van der Waals surface area contributed by atoms with Crippen LogP contribution in [0.2, 0.25) is 5.15 Å². The first-order chi connectivity index (χ1) is 12.2. The van der Waals surface area contributed by atoms with Crippen molar-refractivity contribution in [2.24, 2.45) is 11.8 Å². The van der Waals surface area contributed by atoms with Gasteiger partial charge in [0.15, 0.2) is 0 Å². The number of benzene rings is 1. The average Bonchev–Trinajstić information content (AvgIpc) is 2.58. The van der Waals surface area contributed by atoms with Gasteiger partial charge in [0.1, 0.15) is 5.15 Å². The number of nitrogens with zero attached hydrogens (tertiary/aromatic N) is 1. The highest BCUT2D eigenvalue weighted by molar-refractivity contribution is 6.30. The molecule has 1 aliphatic carbocycles. The summed E-state index contributed by atoms with van der Waals surface area (Å²) in [6.07, 6.45) is -3.00. The van der Waals surface area contributed by atoms with Gasteiger partial charge in [0, 0.05) is 5.39 Å². The third-order valence-electron chi connectivity index (χ3n) is 4.78. The van der Waals surface area contributed by atoms with Gasteiger partial charge in [-0.25, -0.2) is 9.78 Å². The second-order valence-corrected chi connectivity index (χ2v) is 6.95. The average molecular weight is 388 g/mol. The van der Waals surface area contributed by atoms with Crippen LogP contribution in [0.4, 0.5) is 13.2 Å². The minimum absolute atomic E-state index is 0.0303. The lowest BCUT2D eigenvalue weighted by Crippen LogP contribution is -2.29. The van der Waals surface area contributed by atoms with Gasteiger partial charge in [0.25, 0.3) is 0 Å². The summed E-state index contributed by atoms with van der Waals surface area (Å²) in [6, 6.07) is 6.07. The molecule has 0 radical (unpaired) electrons. The first kappa shape index (κ1) is 18.8. The molecule has 1 aromatic carbocycles. The second kappa shape index (κ2) is 7.31. The highest BCUT2D eigenvalue weighted by Gasteiger charge is 2.41. The molecule has 0 atom stereocenters. The molecule has 140 valence electrons. The molecular formula is C18H17ClF3NO3. The number of hydrogen-bond donors (Lipinski definition) is 1. The zero-order valence-corrected chi connectivity index (χ0v) is 14.5. The number of hydrogen-bond acceptors (Lipinski definition) is 3. The lowest BCUT2D eigenvalue weighted by molar-refractivity contribution is -0.184. The van der Waals surface area contributed by atoms with Crippen LogP contribution in [0.1, 0.15) is 36.0 Å². The van der Waals surface area contributed by atoms with Crippen LogP contribution in [-0.4, -0.2) is 28.8 Å². The number of aromatic carboxylic acids is 1. The van der Waals surface area contributed by atoms with E-state index in [9.17, 15) is 18.0 Å². The maximum absolute atomic E-state index is 12.7. The SMILES string of the molecule is O=C(O)c1ccc2c(OC[C@H]3CC[C@H](C(F)(F)F)CC3)nc(Cl)cc2c1. The van der Waals surface area contributed by atoms with E-state index < -0.39 is 18.1 Å². The fourth-order valence-electron chi connectivity index (χ4n) is 3.29. The Morgan fingerprint density at radius 1 is 1.23 bits per heavy atom. The zero-order valence-electron chi connectivity index (χ0n) is 13.7. The molecule has 4 nitrogen and oxygen atoms in total. The van der Waals surface area contributed by atoms with E-state index in [1.165, 1.54) is 12.1 Å². The van der Waals surface area contributed by atoms with Crippen LogP contribution in [0.25, 0.3) is 10.8 Å². The van der Waals surface area contributed by atoms with E-state index >= 15 is 0 Å². The topological polar surface area (TPSA) is 59.4 Å². The Morgan fingerprint density at radius 2 is 1.92 bits per heavy atom. The predicted octanol–water partition coefficient (Wildman–Crippen LogP) is 5.33. The van der Waals surface area contributed by atoms with Crippen LogP contribution >= 0.6 is 11.6 Å². The molecule has 0 spiro atoms. The van der Waals surface area contributed by atoms with E-state index in [-0.39, 0.29) is 42.0 Å². The molecule has 2 aromatic rings. The first-order valence-corrected chi connectivity index (χ1v) is 8.65. The maximum Gasteiger partial charge on any atom is 0.391 e. The summed E-state index contributed by atoms with van der Waals surface area (Å²) in [6.45, 7) is 0.258. The van der Waals surface area contributed by atoms with Gasteiger partial charge in [0.2, 0.25) is 5.88 Å². The van der Waals surface area contributed by atoms with Crippen molar-refractivity contribution in [3.8, 4) is 5.88 Å². The summed E-state index contributed by atoms with van der Waals surface area (Å²) in [5, 5.41) is 10.4. The number of ether oxygens (including phenoxy) is 1. The molecule has 1 aromatic heterocycles. The van der Waals surface area contributed by atoms with Crippen molar-refractivity contribution >= 4 is 28.3 Å². The van der Waals surface area contributed by atoms with Gasteiger partial charge in [-0.2, -0.15) is 13.2 Å². The normalized spacial score (nSPS) is 20.9. The van der Waals surface area contributed by atoms with E-state index in [4.69, 9.17) is 21.4 Å². The molecule has 0 aliphatic heterocycles. The van der Waals surface area contributed by atoms with Crippen LogP contribution in [0.5, 0.6) is 5.88 Å². The molecule has 1 N–H and O–H groups in total. The van der Waals surface area contributed by atoms with E-state index in [1.54, 1.807) is 12.1 Å². The number of carboxylic acid groups (broad SMARTS) is 1. The Morgan fingerprint density at radius 3 is 2.54 bits per heavy atom. The maximum atomic E-state index is 12.7. The summed E-state index contributed by atoms with van der Waals surface area (Å²) in [5.41, 5.74) is 0.121. The lowest BCUT2D eigenvalue weighted by Gasteiger charge is -2.29. The largest absolute Gasteiger partial charge is 0.478 e. The number of aromatic nitrogens is 1. The van der Waals surface area contributed by atoms with Crippen molar-refractivity contribution in [1.29, 1.82) is 0 Å². The van der Waals surface area contributed by atoms with Gasteiger partial charge in [-0.1, -0.05) is 11.6 Å². The van der Waals surface area contributed by atoms with Crippen LogP contribution in [0, 0.1) is 11.8 Å². The van der Waals surface area contributed by atoms with E-state index in [2.05, 4.69) is 4.98 Å². The monoisotopic (exact) mass is 387 g/mol. The van der Waals surface area contributed by atoms with Crippen LogP contribution < -0.4 is 4.74 Å². The molecule has 3 rings (SSSR count). The van der Waals surface area contributed by atoms with Gasteiger partial charge in [-0.05, 0) is 61.3 Å². The molecule has 0 saturated heterocycles. The van der Waals surface area contributed by atoms with Gasteiger partial charge in [-0.15, -0.1) is 0 Å². The smallest absolute Gasteiger partial charge is 0.391 e. The number of rotatable bonds is 4. The third kappa shape index (κ3) is 4.20. The summed E-state index contributed by atoms with van der Waals surface area (Å²) in [7, 11) is 0. The summed E-state index contributed by atoms with van der Waals surface area (Å²) < 4.78 is 43.9. The molecule has 26 heavy (non-hydrogen) atoms. The molecule has 1 saturated carbocycles. The van der Waals surface area contributed by atoms with E-state index in [0.29, 0.717) is 23.6 Å². The number of carbonyl (C=O) groups is 1. The Kier molecular flexibility index (Phi) is 5.27. The van der Waals surface area contributed by atoms with Gasteiger partial charge in [-0.3, -0.25) is 0 Å². The van der Waals surface area contributed by atoms with Crippen molar-refractivity contribution in [1.82, 2.24) is 4.98 Å². The van der Waals surface area contributed by atoms with E-state index in [1.807, 2.05) is 0 Å². The van der Waals surface area contributed by atoms with Gasteiger partial charge < -0.3 is 9.84 Å². The Hall–Kier alpha value is -2.02. The zero-order chi connectivity index (χ0) is 18.9. The number of alkyl halides is 3. The fourth-order valence-corrected chi connectivity index (χ4v) is 3.49. The lowest BCUT2D eigenvalue weighted by atomic mass is 9.82. The molecule has 0 bridgehead atoms. The molecule has 1 fully saturated rings. The third-order valence-corrected chi connectivity index (χ3v) is 4.97. The highest BCUT2D eigenvalue weighted by atomic mass is 35.5. The van der Waals surface area contributed by atoms with Crippen LogP contribution in [-0.2, 0) is 0 Å². The highest BCUT2D eigenvalue weighted by Crippen LogP contribution is 2.39. The molecule has 1 heterocycles. The summed E-state index contributed by atoms with van der Waals surface area (Å²) in [4.78, 5) is 15.2. The second-order valence-electron chi connectivity index (χ2n) is 6.56. The molecule has 1 aliphatic rings. The first-order valence-electron chi connectivity index (χ1n) is 8.27. The molecule has 0 unspecified atom stereocenters.